The number of rotatable bonds is 6. The van der Waals surface area contributed by atoms with E-state index >= 15 is 0 Å². The molecule has 6 nitrogen and oxygen atoms in total. The molecule has 0 spiro atoms. The van der Waals surface area contributed by atoms with Gasteiger partial charge in [0.1, 0.15) is 6.33 Å². The molecule has 2 heterocycles. The minimum atomic E-state index is 0.0782. The molecule has 1 aliphatic rings. The Hall–Kier alpha value is -2.64. The largest absolute Gasteiger partial charge is 0.332 e. The van der Waals surface area contributed by atoms with Gasteiger partial charge < -0.3 is 9.80 Å². The summed E-state index contributed by atoms with van der Waals surface area (Å²) >= 11 is 1.44. The van der Waals surface area contributed by atoms with Crippen LogP contribution in [-0.2, 0) is 4.79 Å². The van der Waals surface area contributed by atoms with Crippen molar-refractivity contribution in [2.24, 2.45) is 0 Å². The van der Waals surface area contributed by atoms with Crippen LogP contribution in [0.2, 0.25) is 0 Å². The van der Waals surface area contributed by atoms with Crippen molar-refractivity contribution in [3.63, 3.8) is 0 Å². The Morgan fingerprint density at radius 2 is 1.84 bits per heavy atom. The third kappa shape index (κ3) is 4.99. The highest BCUT2D eigenvalue weighted by Gasteiger charge is 2.30. The number of likely N-dealkylation sites (N-methyl/N-ethyl adjacent to an activating group) is 1. The summed E-state index contributed by atoms with van der Waals surface area (Å²) in [6.07, 6.45) is 1.71. The van der Waals surface area contributed by atoms with Crippen LogP contribution in [0.3, 0.4) is 0 Å². The first-order valence-electron chi connectivity index (χ1n) is 10.7. The van der Waals surface area contributed by atoms with E-state index in [9.17, 15) is 4.79 Å². The van der Waals surface area contributed by atoms with Gasteiger partial charge in [-0.25, -0.2) is 0 Å². The van der Waals surface area contributed by atoms with Gasteiger partial charge in [-0.2, -0.15) is 0 Å². The highest BCUT2D eigenvalue weighted by Crippen LogP contribution is 2.27. The number of aromatic nitrogens is 3. The molecule has 2 aromatic carbocycles. The zero-order valence-corrected chi connectivity index (χ0v) is 19.1. The number of benzene rings is 2. The lowest BCUT2D eigenvalue weighted by molar-refractivity contribution is -0.133. The van der Waals surface area contributed by atoms with Crippen LogP contribution < -0.4 is 0 Å². The lowest BCUT2D eigenvalue weighted by Crippen LogP contribution is -2.49. The van der Waals surface area contributed by atoms with Crippen LogP contribution >= 0.6 is 11.8 Å². The van der Waals surface area contributed by atoms with Crippen LogP contribution in [0, 0.1) is 0 Å². The Kier molecular flexibility index (Phi) is 6.73. The van der Waals surface area contributed by atoms with E-state index in [1.807, 2.05) is 27.7 Å². The van der Waals surface area contributed by atoms with E-state index in [-0.39, 0.29) is 11.9 Å². The number of carbonyl (C=O) groups is 1. The van der Waals surface area contributed by atoms with Crippen LogP contribution in [0.5, 0.6) is 0 Å². The zero-order valence-electron chi connectivity index (χ0n) is 18.3. The molecule has 1 aromatic heterocycles. The maximum absolute atomic E-state index is 13.2. The summed E-state index contributed by atoms with van der Waals surface area (Å²) in [6, 6.07) is 18.8. The first-order valence-corrected chi connectivity index (χ1v) is 11.7. The Bertz CT molecular complexity index is 1000. The van der Waals surface area contributed by atoms with Gasteiger partial charge in [0, 0.05) is 25.3 Å². The standard InChI is InChI=1S/C24H29N5OS/c1-18(2)19-9-11-21(12-10-19)29-17-25-26-24(29)31-16-23(30)28-14-13-27(3)15-22(28)20-7-5-4-6-8-20/h4-12,17-18,22H,13-16H2,1-3H3/t22-/m0/s1. The first-order chi connectivity index (χ1) is 15.0. The number of hydrogen-bond acceptors (Lipinski definition) is 5. The predicted molar refractivity (Wildman–Crippen MR) is 125 cm³/mol. The summed E-state index contributed by atoms with van der Waals surface area (Å²) < 4.78 is 1.95. The molecule has 0 unspecified atom stereocenters. The Morgan fingerprint density at radius 1 is 1.10 bits per heavy atom. The van der Waals surface area contributed by atoms with Gasteiger partial charge >= 0.3 is 0 Å². The van der Waals surface area contributed by atoms with E-state index in [2.05, 4.69) is 72.4 Å². The molecule has 4 rings (SSSR count). The SMILES string of the molecule is CC(C)c1ccc(-n2cnnc2SCC(=O)N2CCN(C)C[C@H]2c2ccccc2)cc1. The van der Waals surface area contributed by atoms with Gasteiger partial charge in [-0.05, 0) is 36.2 Å². The Labute approximate surface area is 188 Å². The second kappa shape index (κ2) is 9.66. The maximum Gasteiger partial charge on any atom is 0.233 e. The summed E-state index contributed by atoms with van der Waals surface area (Å²) in [6.45, 7) is 6.83. The Morgan fingerprint density at radius 3 is 2.55 bits per heavy atom. The van der Waals surface area contributed by atoms with E-state index in [0.29, 0.717) is 11.7 Å². The highest BCUT2D eigenvalue weighted by molar-refractivity contribution is 7.99. The molecule has 1 fully saturated rings. The fraction of sp³-hybridized carbons (Fsp3) is 0.375. The van der Waals surface area contributed by atoms with Crippen LogP contribution in [0.4, 0.5) is 0 Å². The molecule has 7 heteroatoms. The maximum atomic E-state index is 13.2. The minimum absolute atomic E-state index is 0.0782. The zero-order chi connectivity index (χ0) is 21.8. The van der Waals surface area contributed by atoms with Gasteiger partial charge in [0.2, 0.25) is 5.91 Å². The molecule has 0 radical (unpaired) electrons. The van der Waals surface area contributed by atoms with Gasteiger partial charge in [0.05, 0.1) is 11.8 Å². The van der Waals surface area contributed by atoms with Crippen molar-refractivity contribution < 1.29 is 4.79 Å². The molecule has 1 amide bonds. The third-order valence-corrected chi connectivity index (χ3v) is 6.70. The fourth-order valence-electron chi connectivity index (χ4n) is 3.91. The van der Waals surface area contributed by atoms with E-state index in [1.54, 1.807) is 6.33 Å². The topological polar surface area (TPSA) is 54.3 Å². The summed E-state index contributed by atoms with van der Waals surface area (Å²) in [5.41, 5.74) is 3.48. The van der Waals surface area contributed by atoms with E-state index < -0.39 is 0 Å². The fourth-order valence-corrected chi connectivity index (χ4v) is 4.72. The molecule has 0 bridgehead atoms. The summed E-state index contributed by atoms with van der Waals surface area (Å²) in [7, 11) is 2.11. The highest BCUT2D eigenvalue weighted by atomic mass is 32.2. The molecule has 3 aromatic rings. The van der Waals surface area contributed by atoms with Crippen molar-refractivity contribution >= 4 is 17.7 Å². The smallest absolute Gasteiger partial charge is 0.233 e. The second-order valence-electron chi connectivity index (χ2n) is 8.29. The molecule has 1 aliphatic heterocycles. The molecule has 162 valence electrons. The van der Waals surface area contributed by atoms with E-state index in [4.69, 9.17) is 0 Å². The van der Waals surface area contributed by atoms with Gasteiger partial charge in [-0.1, -0.05) is 68.1 Å². The van der Waals surface area contributed by atoms with E-state index in [0.717, 1.165) is 30.5 Å². The van der Waals surface area contributed by atoms with Gasteiger partial charge in [-0.3, -0.25) is 9.36 Å². The molecular weight excluding hydrogens is 406 g/mol. The van der Waals surface area contributed by atoms with Gasteiger partial charge in [0.25, 0.3) is 0 Å². The molecule has 31 heavy (non-hydrogen) atoms. The minimum Gasteiger partial charge on any atom is -0.332 e. The predicted octanol–water partition coefficient (Wildman–Crippen LogP) is 4.00. The summed E-state index contributed by atoms with van der Waals surface area (Å²) in [4.78, 5) is 17.5. The molecule has 0 N–H and O–H groups in total. The van der Waals surface area contributed by atoms with Crippen molar-refractivity contribution in [1.29, 1.82) is 0 Å². The average molecular weight is 436 g/mol. The van der Waals surface area contributed by atoms with Crippen molar-refractivity contribution in [2.45, 2.75) is 31.0 Å². The monoisotopic (exact) mass is 435 g/mol. The van der Waals surface area contributed by atoms with Crippen molar-refractivity contribution in [1.82, 2.24) is 24.6 Å². The van der Waals surface area contributed by atoms with Crippen molar-refractivity contribution in [3.05, 3.63) is 72.1 Å². The van der Waals surface area contributed by atoms with Gasteiger partial charge in [0.15, 0.2) is 5.16 Å². The van der Waals surface area contributed by atoms with E-state index in [1.165, 1.54) is 22.9 Å². The summed E-state index contributed by atoms with van der Waals surface area (Å²) in [5.74, 6) is 0.967. The molecule has 0 aliphatic carbocycles. The normalized spacial score (nSPS) is 17.3. The average Bonchev–Trinajstić information content (AvgIpc) is 3.26. The van der Waals surface area contributed by atoms with Crippen LogP contribution in [0.1, 0.15) is 36.9 Å². The number of hydrogen-bond donors (Lipinski definition) is 0. The van der Waals surface area contributed by atoms with Gasteiger partial charge in [-0.15, -0.1) is 10.2 Å². The number of piperazine rings is 1. The van der Waals surface area contributed by atoms with Crippen molar-refractivity contribution in [2.75, 3.05) is 32.4 Å². The number of carbonyl (C=O) groups excluding carboxylic acids is 1. The quantitative estimate of drug-likeness (QED) is 0.548. The lowest BCUT2D eigenvalue weighted by Gasteiger charge is -2.40. The molecule has 1 atom stereocenters. The van der Waals surface area contributed by atoms with Crippen molar-refractivity contribution in [3.8, 4) is 5.69 Å². The Balaban J connectivity index is 1.46. The number of thioether (sulfide) groups is 1. The molecular formula is C24H29N5OS. The molecule has 0 saturated carbocycles. The lowest BCUT2D eigenvalue weighted by atomic mass is 10.0. The summed E-state index contributed by atoms with van der Waals surface area (Å²) in [5, 5.41) is 9.07. The second-order valence-corrected chi connectivity index (χ2v) is 9.24. The number of nitrogens with zero attached hydrogens (tertiary/aromatic N) is 5. The first kappa shape index (κ1) is 21.6. The van der Waals surface area contributed by atoms with Crippen LogP contribution in [-0.4, -0.2) is 62.9 Å². The van der Waals surface area contributed by atoms with Crippen LogP contribution in [0.15, 0.2) is 66.1 Å². The molecule has 1 saturated heterocycles. The third-order valence-electron chi connectivity index (χ3n) is 5.77. The van der Waals surface area contributed by atoms with Crippen LogP contribution in [0.25, 0.3) is 5.69 Å². The number of amides is 1.